The van der Waals surface area contributed by atoms with E-state index in [1.54, 1.807) is 4.90 Å². The Morgan fingerprint density at radius 1 is 1.30 bits per heavy atom. The number of likely N-dealkylation sites (tertiary alicyclic amines) is 1. The molecule has 0 radical (unpaired) electrons. The van der Waals surface area contributed by atoms with Gasteiger partial charge < -0.3 is 10.2 Å². The van der Waals surface area contributed by atoms with E-state index in [1.807, 2.05) is 0 Å². The van der Waals surface area contributed by atoms with Crippen LogP contribution in [0, 0.1) is 17.7 Å². The molecule has 1 saturated heterocycles. The summed E-state index contributed by atoms with van der Waals surface area (Å²) in [5.41, 5.74) is 0.284. The van der Waals surface area contributed by atoms with Crippen LogP contribution in [0.15, 0.2) is 18.2 Å². The Labute approximate surface area is 140 Å². The second kappa shape index (κ2) is 6.87. The van der Waals surface area contributed by atoms with Gasteiger partial charge >= 0.3 is 0 Å². The number of amides is 2. The molecule has 0 spiro atoms. The summed E-state index contributed by atoms with van der Waals surface area (Å²) in [6.45, 7) is 1.73. The van der Waals surface area contributed by atoms with Crippen molar-refractivity contribution in [3.05, 3.63) is 34.6 Å². The largest absolute Gasteiger partial charge is 0.356 e. The fourth-order valence-electron chi connectivity index (χ4n) is 2.92. The lowest BCUT2D eigenvalue weighted by Gasteiger charge is -2.32. The third-order valence-corrected chi connectivity index (χ3v) is 4.82. The van der Waals surface area contributed by atoms with Crippen molar-refractivity contribution in [2.75, 3.05) is 19.6 Å². The van der Waals surface area contributed by atoms with Crippen LogP contribution >= 0.6 is 11.6 Å². The summed E-state index contributed by atoms with van der Waals surface area (Å²) in [4.78, 5) is 26.4. The third-order valence-electron chi connectivity index (χ3n) is 4.50. The van der Waals surface area contributed by atoms with E-state index in [1.165, 1.54) is 25.0 Å². The highest BCUT2D eigenvalue weighted by Gasteiger charge is 2.30. The lowest BCUT2D eigenvalue weighted by molar-refractivity contribution is -0.126. The zero-order chi connectivity index (χ0) is 16.4. The molecule has 2 amide bonds. The van der Waals surface area contributed by atoms with Gasteiger partial charge in [0.25, 0.3) is 5.91 Å². The summed E-state index contributed by atoms with van der Waals surface area (Å²) in [5.74, 6) is -0.221. The van der Waals surface area contributed by atoms with E-state index in [4.69, 9.17) is 11.6 Å². The summed E-state index contributed by atoms with van der Waals surface area (Å²) < 4.78 is 13.1. The van der Waals surface area contributed by atoms with E-state index in [0.717, 1.165) is 25.5 Å². The maximum Gasteiger partial charge on any atom is 0.255 e. The highest BCUT2D eigenvalue weighted by atomic mass is 35.5. The number of hydrogen-bond donors (Lipinski definition) is 1. The fraction of sp³-hybridized carbons (Fsp3) is 0.529. The second-order valence-electron chi connectivity index (χ2n) is 6.40. The number of nitrogens with zero attached hydrogens (tertiary/aromatic N) is 1. The Morgan fingerprint density at radius 2 is 2.09 bits per heavy atom. The summed E-state index contributed by atoms with van der Waals surface area (Å²) >= 11 is 5.97. The van der Waals surface area contributed by atoms with Crippen LogP contribution in [0.4, 0.5) is 4.39 Å². The van der Waals surface area contributed by atoms with Crippen molar-refractivity contribution < 1.29 is 14.0 Å². The zero-order valence-corrected chi connectivity index (χ0v) is 13.6. The molecule has 0 bridgehead atoms. The van der Waals surface area contributed by atoms with Crippen LogP contribution in [0.2, 0.25) is 5.02 Å². The number of rotatable bonds is 4. The minimum Gasteiger partial charge on any atom is -0.356 e. The van der Waals surface area contributed by atoms with Crippen LogP contribution < -0.4 is 5.32 Å². The van der Waals surface area contributed by atoms with E-state index < -0.39 is 5.82 Å². The van der Waals surface area contributed by atoms with Gasteiger partial charge in [0.05, 0.1) is 16.5 Å². The van der Waals surface area contributed by atoms with Gasteiger partial charge in [0.2, 0.25) is 5.91 Å². The van der Waals surface area contributed by atoms with E-state index in [2.05, 4.69) is 5.32 Å². The van der Waals surface area contributed by atoms with Crippen LogP contribution in [-0.2, 0) is 4.79 Å². The van der Waals surface area contributed by atoms with Gasteiger partial charge in [-0.25, -0.2) is 4.39 Å². The number of carbonyl (C=O) groups is 2. The smallest absolute Gasteiger partial charge is 0.255 e. The minimum absolute atomic E-state index is 0.0274. The Bertz CT molecular complexity index is 619. The molecule has 4 nitrogen and oxygen atoms in total. The van der Waals surface area contributed by atoms with Crippen molar-refractivity contribution in [2.45, 2.75) is 25.7 Å². The average molecular weight is 339 g/mol. The molecule has 1 aliphatic heterocycles. The Kier molecular flexibility index (Phi) is 4.85. The molecule has 1 heterocycles. The summed E-state index contributed by atoms with van der Waals surface area (Å²) in [6, 6.07) is 3.76. The molecule has 1 saturated carbocycles. The van der Waals surface area contributed by atoms with Gasteiger partial charge in [0.15, 0.2) is 0 Å². The van der Waals surface area contributed by atoms with Gasteiger partial charge in [0.1, 0.15) is 5.82 Å². The summed E-state index contributed by atoms with van der Waals surface area (Å²) in [6.07, 6.45) is 3.96. The zero-order valence-electron chi connectivity index (χ0n) is 12.9. The Hall–Kier alpha value is -1.62. The maximum absolute atomic E-state index is 13.1. The molecule has 0 aromatic heterocycles. The summed E-state index contributed by atoms with van der Waals surface area (Å²) in [5, 5.41) is 3.09. The number of benzene rings is 1. The molecule has 2 fully saturated rings. The average Bonchev–Trinajstić information content (AvgIpc) is 3.36. The molecule has 2 aliphatic rings. The molecular formula is C17H20ClFN2O2. The van der Waals surface area contributed by atoms with Crippen molar-refractivity contribution in [3.8, 4) is 0 Å². The molecule has 1 aromatic rings. The van der Waals surface area contributed by atoms with E-state index >= 15 is 0 Å². The van der Waals surface area contributed by atoms with E-state index in [-0.39, 0.29) is 28.3 Å². The minimum atomic E-state index is -0.470. The Morgan fingerprint density at radius 3 is 2.78 bits per heavy atom. The molecule has 1 aliphatic carbocycles. The first-order valence-corrected chi connectivity index (χ1v) is 8.44. The van der Waals surface area contributed by atoms with Crippen LogP contribution in [0.5, 0.6) is 0 Å². The molecule has 1 atom stereocenters. The van der Waals surface area contributed by atoms with Gasteiger partial charge in [-0.1, -0.05) is 11.6 Å². The number of halogens is 2. The number of piperidine rings is 1. The molecular weight excluding hydrogens is 319 g/mol. The first-order valence-electron chi connectivity index (χ1n) is 8.06. The normalized spacial score (nSPS) is 21.1. The molecule has 0 unspecified atom stereocenters. The van der Waals surface area contributed by atoms with Crippen LogP contribution in [0.1, 0.15) is 36.0 Å². The van der Waals surface area contributed by atoms with Gasteiger partial charge in [0, 0.05) is 19.6 Å². The third kappa shape index (κ3) is 4.02. The van der Waals surface area contributed by atoms with Gasteiger partial charge in [-0.3, -0.25) is 9.59 Å². The molecule has 6 heteroatoms. The van der Waals surface area contributed by atoms with E-state index in [0.29, 0.717) is 19.0 Å². The van der Waals surface area contributed by atoms with Crippen molar-refractivity contribution in [3.63, 3.8) is 0 Å². The molecule has 1 aromatic carbocycles. The SMILES string of the molecule is O=C(NCC1CC1)[C@H]1CCCN(C(=O)c2ccc(F)cc2Cl)C1. The van der Waals surface area contributed by atoms with Crippen molar-refractivity contribution in [1.29, 1.82) is 0 Å². The predicted octanol–water partition coefficient (Wildman–Crippen LogP) is 2.86. The fourth-order valence-corrected chi connectivity index (χ4v) is 3.17. The first kappa shape index (κ1) is 16.2. The van der Waals surface area contributed by atoms with Crippen LogP contribution in [-0.4, -0.2) is 36.3 Å². The van der Waals surface area contributed by atoms with E-state index in [9.17, 15) is 14.0 Å². The number of nitrogens with one attached hydrogen (secondary N) is 1. The van der Waals surface area contributed by atoms with Gasteiger partial charge in [-0.2, -0.15) is 0 Å². The van der Waals surface area contributed by atoms with Crippen LogP contribution in [0.3, 0.4) is 0 Å². The highest BCUT2D eigenvalue weighted by Crippen LogP contribution is 2.28. The lowest BCUT2D eigenvalue weighted by Crippen LogP contribution is -2.45. The molecule has 124 valence electrons. The molecule has 3 rings (SSSR count). The van der Waals surface area contributed by atoms with Crippen LogP contribution in [0.25, 0.3) is 0 Å². The monoisotopic (exact) mass is 338 g/mol. The first-order chi connectivity index (χ1) is 11.0. The molecule has 23 heavy (non-hydrogen) atoms. The topological polar surface area (TPSA) is 49.4 Å². The van der Waals surface area contributed by atoms with Crippen molar-refractivity contribution >= 4 is 23.4 Å². The van der Waals surface area contributed by atoms with Gasteiger partial charge in [-0.15, -0.1) is 0 Å². The van der Waals surface area contributed by atoms with Crippen molar-refractivity contribution in [2.24, 2.45) is 11.8 Å². The maximum atomic E-state index is 13.1. The quantitative estimate of drug-likeness (QED) is 0.917. The number of carbonyl (C=O) groups excluding carboxylic acids is 2. The second-order valence-corrected chi connectivity index (χ2v) is 6.81. The predicted molar refractivity (Wildman–Crippen MR) is 85.8 cm³/mol. The van der Waals surface area contributed by atoms with Gasteiger partial charge in [-0.05, 0) is 49.8 Å². The molecule has 1 N–H and O–H groups in total. The number of hydrogen-bond acceptors (Lipinski definition) is 2. The van der Waals surface area contributed by atoms with Crippen molar-refractivity contribution in [1.82, 2.24) is 10.2 Å². The standard InChI is InChI=1S/C17H20ClFN2O2/c18-15-8-13(19)5-6-14(15)17(23)21-7-1-2-12(10-21)16(22)20-9-11-3-4-11/h5-6,8,11-12H,1-4,7,9-10H2,(H,20,22)/t12-/m0/s1. The highest BCUT2D eigenvalue weighted by molar-refractivity contribution is 6.33. The Balaban J connectivity index is 1.62. The summed E-state index contributed by atoms with van der Waals surface area (Å²) in [7, 11) is 0. The lowest BCUT2D eigenvalue weighted by atomic mass is 9.96.